The predicted molar refractivity (Wildman–Crippen MR) is 147 cm³/mol. The van der Waals surface area contributed by atoms with Crippen LogP contribution in [0.1, 0.15) is 44.2 Å². The van der Waals surface area contributed by atoms with Crippen LogP contribution in [0.3, 0.4) is 0 Å². The summed E-state index contributed by atoms with van der Waals surface area (Å²) in [6.07, 6.45) is 3.04. The number of sulfonamides is 1. The van der Waals surface area contributed by atoms with Crippen molar-refractivity contribution in [3.8, 4) is 0 Å². The van der Waals surface area contributed by atoms with Crippen molar-refractivity contribution in [2.45, 2.75) is 52.6 Å². The van der Waals surface area contributed by atoms with Crippen molar-refractivity contribution in [2.24, 2.45) is 0 Å². The molecule has 0 radical (unpaired) electrons. The number of amides is 2. The molecule has 0 aromatic heterocycles. The van der Waals surface area contributed by atoms with Crippen molar-refractivity contribution >= 4 is 62.3 Å². The van der Waals surface area contributed by atoms with Crippen LogP contribution >= 0.6 is 34.8 Å². The number of unbranched alkanes of at least 4 members (excludes halogenated alkanes) is 1. The minimum absolute atomic E-state index is 0.0251. The molecule has 1 N–H and O–H groups in total. The molecule has 1 atom stereocenters. The van der Waals surface area contributed by atoms with Crippen molar-refractivity contribution in [1.82, 2.24) is 10.2 Å². The maximum atomic E-state index is 13.7. The van der Waals surface area contributed by atoms with Gasteiger partial charge in [0.05, 0.1) is 27.0 Å². The zero-order chi connectivity index (χ0) is 27.0. The molecule has 198 valence electrons. The summed E-state index contributed by atoms with van der Waals surface area (Å²) in [4.78, 5) is 28.1. The van der Waals surface area contributed by atoms with Gasteiger partial charge in [0.1, 0.15) is 12.6 Å². The van der Waals surface area contributed by atoms with Gasteiger partial charge in [0, 0.05) is 13.1 Å². The first-order chi connectivity index (χ1) is 16.9. The number of carbonyl (C=O) groups excluding carboxylic acids is 2. The van der Waals surface area contributed by atoms with Crippen LogP contribution in [0.5, 0.6) is 0 Å². The van der Waals surface area contributed by atoms with E-state index in [1.54, 1.807) is 0 Å². The lowest BCUT2D eigenvalue weighted by Crippen LogP contribution is -2.52. The maximum absolute atomic E-state index is 13.7. The lowest BCUT2D eigenvalue weighted by Gasteiger charge is -2.33. The summed E-state index contributed by atoms with van der Waals surface area (Å²) in [6, 6.07) is 9.42. The van der Waals surface area contributed by atoms with Crippen LogP contribution in [0.15, 0.2) is 36.4 Å². The molecule has 2 amide bonds. The van der Waals surface area contributed by atoms with Crippen molar-refractivity contribution < 1.29 is 18.0 Å². The Morgan fingerprint density at radius 2 is 1.61 bits per heavy atom. The quantitative estimate of drug-likeness (QED) is 0.269. The lowest BCUT2D eigenvalue weighted by molar-refractivity contribution is -0.140. The highest BCUT2D eigenvalue weighted by Crippen LogP contribution is 2.35. The highest BCUT2D eigenvalue weighted by atomic mass is 35.5. The molecule has 36 heavy (non-hydrogen) atoms. The number of nitrogens with zero attached hydrogens (tertiary/aromatic N) is 2. The molecule has 0 aliphatic rings. The molecule has 7 nitrogen and oxygen atoms in total. The van der Waals surface area contributed by atoms with E-state index in [4.69, 9.17) is 34.8 Å². The number of halogens is 3. The second-order valence-electron chi connectivity index (χ2n) is 8.56. The predicted octanol–water partition coefficient (Wildman–Crippen LogP) is 5.44. The van der Waals surface area contributed by atoms with Gasteiger partial charge in [0.2, 0.25) is 21.8 Å². The van der Waals surface area contributed by atoms with E-state index in [1.807, 2.05) is 45.0 Å². The van der Waals surface area contributed by atoms with Crippen molar-refractivity contribution in [3.05, 3.63) is 62.6 Å². The maximum Gasteiger partial charge on any atom is 0.244 e. The van der Waals surface area contributed by atoms with Crippen LogP contribution in [-0.2, 0) is 26.2 Å². The van der Waals surface area contributed by atoms with Gasteiger partial charge < -0.3 is 10.2 Å². The van der Waals surface area contributed by atoms with E-state index in [2.05, 4.69) is 5.32 Å². The van der Waals surface area contributed by atoms with Crippen molar-refractivity contribution in [1.29, 1.82) is 0 Å². The second-order valence-corrected chi connectivity index (χ2v) is 11.7. The lowest BCUT2D eigenvalue weighted by atomic mass is 10.1. The van der Waals surface area contributed by atoms with E-state index >= 15 is 0 Å². The Hall–Kier alpha value is -2.00. The van der Waals surface area contributed by atoms with Gasteiger partial charge in [-0.15, -0.1) is 0 Å². The zero-order valence-electron chi connectivity index (χ0n) is 20.9. The fraction of sp³-hybridized carbons (Fsp3) is 0.440. The van der Waals surface area contributed by atoms with E-state index in [0.29, 0.717) is 13.0 Å². The zero-order valence-corrected chi connectivity index (χ0v) is 23.9. The number of nitrogens with one attached hydrogen (secondary N) is 1. The third-order valence-electron chi connectivity index (χ3n) is 5.63. The fourth-order valence-corrected chi connectivity index (χ4v) is 5.16. The Morgan fingerprint density at radius 3 is 2.17 bits per heavy atom. The van der Waals surface area contributed by atoms with E-state index in [9.17, 15) is 18.0 Å². The van der Waals surface area contributed by atoms with E-state index in [0.717, 1.165) is 34.5 Å². The standard InChI is InChI=1S/C25H32Cl3N3O4S/c1-5-7-12-29-25(33)22(6-2)30(15-18-10-8-17(3)9-11-18)24(32)16-31(36(4,34)35)23-14-20(27)19(26)13-21(23)28/h8-11,13-14,22H,5-7,12,15-16H2,1-4H3,(H,29,33)/t22-/m0/s1. The number of benzene rings is 2. The summed E-state index contributed by atoms with van der Waals surface area (Å²) in [6.45, 7) is 5.83. The molecule has 0 bridgehead atoms. The molecule has 0 spiro atoms. The smallest absolute Gasteiger partial charge is 0.244 e. The van der Waals surface area contributed by atoms with Gasteiger partial charge in [-0.2, -0.15) is 0 Å². The van der Waals surface area contributed by atoms with Crippen molar-refractivity contribution in [2.75, 3.05) is 23.7 Å². The van der Waals surface area contributed by atoms with Gasteiger partial charge in [0.15, 0.2) is 0 Å². The Balaban J connectivity index is 2.46. The van der Waals surface area contributed by atoms with Gasteiger partial charge >= 0.3 is 0 Å². The van der Waals surface area contributed by atoms with Gasteiger partial charge in [-0.25, -0.2) is 8.42 Å². The molecule has 0 unspecified atom stereocenters. The molecule has 0 saturated carbocycles. The molecule has 0 fully saturated rings. The van der Waals surface area contributed by atoms with Gasteiger partial charge in [0.25, 0.3) is 0 Å². The molecule has 0 heterocycles. The average Bonchev–Trinajstić information content (AvgIpc) is 2.80. The molecule has 0 saturated heterocycles. The molecular formula is C25H32Cl3N3O4S. The van der Waals surface area contributed by atoms with E-state index in [1.165, 1.54) is 17.0 Å². The number of aryl methyl sites for hydroxylation is 1. The molecular weight excluding hydrogens is 545 g/mol. The Bertz CT molecular complexity index is 1170. The summed E-state index contributed by atoms with van der Waals surface area (Å²) in [7, 11) is -3.95. The summed E-state index contributed by atoms with van der Waals surface area (Å²) < 4.78 is 26.3. The van der Waals surface area contributed by atoms with Crippen LogP contribution in [0.25, 0.3) is 0 Å². The normalized spacial score (nSPS) is 12.2. The Kier molecular flexibility index (Phi) is 11.3. The SMILES string of the molecule is CCCCNC(=O)[C@H](CC)N(Cc1ccc(C)cc1)C(=O)CN(c1cc(Cl)c(Cl)cc1Cl)S(C)(=O)=O. The number of hydrogen-bond donors (Lipinski definition) is 1. The first-order valence-corrected chi connectivity index (χ1v) is 14.6. The van der Waals surface area contributed by atoms with Gasteiger partial charge in [-0.05, 0) is 37.5 Å². The topological polar surface area (TPSA) is 86.8 Å². The first kappa shape index (κ1) is 30.2. The van der Waals surface area contributed by atoms with Crippen LogP contribution < -0.4 is 9.62 Å². The van der Waals surface area contributed by atoms with Crippen LogP contribution in [0.4, 0.5) is 5.69 Å². The van der Waals surface area contributed by atoms with Crippen LogP contribution in [0, 0.1) is 6.92 Å². The highest BCUT2D eigenvalue weighted by molar-refractivity contribution is 7.92. The van der Waals surface area contributed by atoms with Gasteiger partial charge in [-0.3, -0.25) is 13.9 Å². The minimum atomic E-state index is -3.95. The Labute approximate surface area is 228 Å². The largest absolute Gasteiger partial charge is 0.354 e. The van der Waals surface area contributed by atoms with E-state index < -0.39 is 28.5 Å². The molecule has 2 rings (SSSR count). The van der Waals surface area contributed by atoms with Crippen molar-refractivity contribution in [3.63, 3.8) is 0 Å². The third-order valence-corrected chi connectivity index (χ3v) is 7.78. The summed E-state index contributed by atoms with van der Waals surface area (Å²) >= 11 is 18.4. The molecule has 0 aliphatic carbocycles. The van der Waals surface area contributed by atoms with Crippen LogP contribution in [0.2, 0.25) is 15.1 Å². The average molecular weight is 577 g/mol. The fourth-order valence-electron chi connectivity index (χ4n) is 3.61. The molecule has 2 aromatic rings. The summed E-state index contributed by atoms with van der Waals surface area (Å²) in [5.74, 6) is -0.842. The first-order valence-electron chi connectivity index (χ1n) is 11.6. The molecule has 2 aromatic carbocycles. The monoisotopic (exact) mass is 575 g/mol. The molecule has 11 heteroatoms. The number of carbonyl (C=O) groups is 2. The number of rotatable bonds is 12. The van der Waals surface area contributed by atoms with Gasteiger partial charge in [-0.1, -0.05) is 84.9 Å². The highest BCUT2D eigenvalue weighted by Gasteiger charge is 2.32. The summed E-state index contributed by atoms with van der Waals surface area (Å²) in [5.41, 5.74) is 1.89. The Morgan fingerprint density at radius 1 is 1.00 bits per heavy atom. The third kappa shape index (κ3) is 8.26. The van der Waals surface area contributed by atoms with E-state index in [-0.39, 0.29) is 33.2 Å². The number of anilines is 1. The summed E-state index contributed by atoms with van der Waals surface area (Å²) in [5, 5.41) is 3.16. The number of hydrogen-bond acceptors (Lipinski definition) is 4. The molecule has 0 aliphatic heterocycles. The minimum Gasteiger partial charge on any atom is -0.354 e. The van der Waals surface area contributed by atoms with Crippen LogP contribution in [-0.4, -0.2) is 50.5 Å². The second kappa shape index (κ2) is 13.5.